The van der Waals surface area contributed by atoms with Gasteiger partial charge in [0.25, 0.3) is 0 Å². The number of hydrogen-bond acceptors (Lipinski definition) is 3. The first-order valence-electron chi connectivity index (χ1n) is 12.3. The number of anilines is 2. The molecule has 0 radical (unpaired) electrons. The number of pyridine rings is 1. The second-order valence-electron chi connectivity index (χ2n) is 9.92. The molecule has 6 heteroatoms. The molecule has 0 unspecified atom stereocenters. The Morgan fingerprint density at radius 3 is 2.17 bits per heavy atom. The third-order valence-electron chi connectivity index (χ3n) is 7.00. The van der Waals surface area contributed by atoms with Gasteiger partial charge in [0.15, 0.2) is 5.11 Å². The lowest BCUT2D eigenvalue weighted by atomic mass is 9.96. The zero-order valence-corrected chi connectivity index (χ0v) is 22.6. The minimum atomic E-state index is -0.0652. The van der Waals surface area contributed by atoms with E-state index in [1.807, 2.05) is 18.3 Å². The molecule has 5 nitrogen and oxygen atoms in total. The minimum Gasteiger partial charge on any atom is -0.378 e. The van der Waals surface area contributed by atoms with Crippen LogP contribution in [0.5, 0.6) is 0 Å². The van der Waals surface area contributed by atoms with E-state index in [1.54, 1.807) is 0 Å². The van der Waals surface area contributed by atoms with Gasteiger partial charge in [0, 0.05) is 48.7 Å². The average Bonchev–Trinajstić information content (AvgIpc) is 3.34. The summed E-state index contributed by atoms with van der Waals surface area (Å²) >= 11 is 5.95. The number of benzene rings is 2. The van der Waals surface area contributed by atoms with Crippen molar-refractivity contribution in [1.29, 1.82) is 0 Å². The molecule has 2 atom stereocenters. The molecular formula is C30H33N5S. The Labute approximate surface area is 219 Å². The Hall–Kier alpha value is -3.64. The normalized spacial score (nSPS) is 17.4. The third-order valence-corrected chi connectivity index (χ3v) is 7.31. The highest BCUT2D eigenvalue weighted by Gasteiger charge is 2.42. The van der Waals surface area contributed by atoms with Crippen LogP contribution in [0.4, 0.5) is 11.4 Å². The van der Waals surface area contributed by atoms with Crippen LogP contribution >= 0.6 is 12.2 Å². The third kappa shape index (κ3) is 4.26. The highest BCUT2D eigenvalue weighted by atomic mass is 32.1. The molecule has 1 aliphatic heterocycles. The topological polar surface area (TPSA) is 36.3 Å². The molecule has 1 fully saturated rings. The Balaban J connectivity index is 1.66. The first-order chi connectivity index (χ1) is 17.2. The minimum absolute atomic E-state index is 0.0328. The van der Waals surface area contributed by atoms with Gasteiger partial charge < -0.3 is 19.7 Å². The summed E-state index contributed by atoms with van der Waals surface area (Å²) in [4.78, 5) is 9.11. The van der Waals surface area contributed by atoms with Crippen molar-refractivity contribution in [2.24, 2.45) is 0 Å². The molecule has 0 amide bonds. The number of thiocarbonyl (C=S) groups is 1. The van der Waals surface area contributed by atoms with E-state index in [1.165, 1.54) is 33.8 Å². The van der Waals surface area contributed by atoms with Crippen LogP contribution in [0.25, 0.3) is 5.69 Å². The molecule has 1 aliphatic rings. The summed E-state index contributed by atoms with van der Waals surface area (Å²) in [6.07, 6.45) is 1.85. The maximum atomic E-state index is 5.95. The van der Waals surface area contributed by atoms with Crippen molar-refractivity contribution in [3.8, 4) is 5.69 Å². The van der Waals surface area contributed by atoms with Crippen molar-refractivity contribution in [2.75, 3.05) is 23.9 Å². The van der Waals surface area contributed by atoms with Crippen LogP contribution in [-0.2, 0) is 0 Å². The molecule has 0 bridgehead atoms. The second-order valence-corrected chi connectivity index (χ2v) is 10.3. The maximum absolute atomic E-state index is 5.95. The lowest BCUT2D eigenvalue weighted by Gasteiger charge is -2.29. The lowest BCUT2D eigenvalue weighted by molar-refractivity contribution is 0.565. The van der Waals surface area contributed by atoms with Gasteiger partial charge in [0.05, 0.1) is 17.8 Å². The molecule has 1 saturated heterocycles. The molecule has 184 valence electrons. The van der Waals surface area contributed by atoms with Crippen LogP contribution in [0.1, 0.15) is 45.9 Å². The number of aryl methyl sites for hydroxylation is 3. The fourth-order valence-electron chi connectivity index (χ4n) is 5.42. The highest BCUT2D eigenvalue weighted by molar-refractivity contribution is 7.80. The molecule has 2 aromatic heterocycles. The van der Waals surface area contributed by atoms with Crippen molar-refractivity contribution in [1.82, 2.24) is 14.9 Å². The van der Waals surface area contributed by atoms with Gasteiger partial charge in [-0.3, -0.25) is 4.98 Å². The molecule has 36 heavy (non-hydrogen) atoms. The standard InChI is InChI=1S/C30H33N5S/c1-19-15-20(2)17-25(16-19)35-29(28(32-30(35)36)27-9-7-8-14-31-27)26-18-21(3)34(22(26)4)24-12-10-23(11-13-24)33(5)6/h7-18,28-29H,1-6H3,(H,32,36)/t28-,29-/m0/s1. The first kappa shape index (κ1) is 24.1. The number of rotatable bonds is 5. The van der Waals surface area contributed by atoms with Gasteiger partial charge in [-0.1, -0.05) is 12.1 Å². The monoisotopic (exact) mass is 495 g/mol. The summed E-state index contributed by atoms with van der Waals surface area (Å²) in [5.74, 6) is 0. The zero-order valence-electron chi connectivity index (χ0n) is 21.8. The van der Waals surface area contributed by atoms with Crippen LogP contribution < -0.4 is 15.1 Å². The van der Waals surface area contributed by atoms with E-state index < -0.39 is 0 Å². The molecule has 4 aromatic rings. The van der Waals surface area contributed by atoms with E-state index in [4.69, 9.17) is 17.2 Å². The van der Waals surface area contributed by atoms with Crippen molar-refractivity contribution >= 4 is 28.7 Å². The van der Waals surface area contributed by atoms with Gasteiger partial charge in [0.1, 0.15) is 0 Å². The van der Waals surface area contributed by atoms with Crippen LogP contribution in [0, 0.1) is 27.7 Å². The largest absolute Gasteiger partial charge is 0.378 e. The van der Waals surface area contributed by atoms with Gasteiger partial charge >= 0.3 is 0 Å². The molecule has 5 rings (SSSR count). The molecule has 2 aromatic carbocycles. The van der Waals surface area contributed by atoms with E-state index in [-0.39, 0.29) is 12.1 Å². The number of hydrogen-bond donors (Lipinski definition) is 1. The van der Waals surface area contributed by atoms with Gasteiger partial charge in [-0.15, -0.1) is 0 Å². The molecular weight excluding hydrogens is 462 g/mol. The predicted molar refractivity (Wildman–Crippen MR) is 153 cm³/mol. The van der Waals surface area contributed by atoms with Crippen molar-refractivity contribution in [3.63, 3.8) is 0 Å². The van der Waals surface area contributed by atoms with E-state index in [0.29, 0.717) is 0 Å². The molecule has 0 spiro atoms. The summed E-state index contributed by atoms with van der Waals surface area (Å²) < 4.78 is 2.34. The van der Waals surface area contributed by atoms with Crippen LogP contribution in [0.15, 0.2) is 72.9 Å². The van der Waals surface area contributed by atoms with Gasteiger partial charge in [0.2, 0.25) is 0 Å². The number of aromatic nitrogens is 2. The predicted octanol–water partition coefficient (Wildman–Crippen LogP) is 6.35. The second kappa shape index (κ2) is 9.43. The van der Waals surface area contributed by atoms with Crippen molar-refractivity contribution < 1.29 is 0 Å². The van der Waals surface area contributed by atoms with E-state index in [0.717, 1.165) is 22.2 Å². The van der Waals surface area contributed by atoms with Crippen LogP contribution in [0.2, 0.25) is 0 Å². The summed E-state index contributed by atoms with van der Waals surface area (Å²) in [7, 11) is 4.13. The highest BCUT2D eigenvalue weighted by Crippen LogP contribution is 2.44. The summed E-state index contributed by atoms with van der Waals surface area (Å²) in [6.45, 7) is 8.65. The SMILES string of the molecule is Cc1cc(C)cc(N2C(=S)N[C@@H](c3ccccn3)[C@@H]2c2cc(C)n(-c3ccc(N(C)C)cc3)c2C)c1. The summed E-state index contributed by atoms with van der Waals surface area (Å²) in [5.41, 5.74) is 10.5. The summed E-state index contributed by atoms with van der Waals surface area (Å²) in [5, 5.41) is 4.32. The smallest absolute Gasteiger partial charge is 0.174 e. The fraction of sp³-hybridized carbons (Fsp3) is 0.267. The number of nitrogens with one attached hydrogen (secondary N) is 1. The molecule has 1 N–H and O–H groups in total. The molecule has 3 heterocycles. The van der Waals surface area contributed by atoms with Gasteiger partial charge in [-0.05, 0) is 111 Å². The van der Waals surface area contributed by atoms with E-state index >= 15 is 0 Å². The fourth-order valence-corrected chi connectivity index (χ4v) is 5.77. The Morgan fingerprint density at radius 1 is 0.861 bits per heavy atom. The lowest BCUT2D eigenvalue weighted by Crippen LogP contribution is -2.29. The first-order valence-corrected chi connectivity index (χ1v) is 12.7. The van der Waals surface area contributed by atoms with Crippen LogP contribution in [0.3, 0.4) is 0 Å². The van der Waals surface area contributed by atoms with Crippen molar-refractivity contribution in [3.05, 3.63) is 107 Å². The summed E-state index contributed by atoms with van der Waals surface area (Å²) in [6, 6.07) is 23.6. The maximum Gasteiger partial charge on any atom is 0.174 e. The number of nitrogens with zero attached hydrogens (tertiary/aromatic N) is 4. The van der Waals surface area contributed by atoms with E-state index in [2.05, 4.69) is 116 Å². The quantitative estimate of drug-likeness (QED) is 0.327. The zero-order chi connectivity index (χ0) is 25.6. The Kier molecular flexibility index (Phi) is 6.31. The van der Waals surface area contributed by atoms with Gasteiger partial charge in [-0.2, -0.15) is 0 Å². The van der Waals surface area contributed by atoms with Crippen LogP contribution in [-0.4, -0.2) is 28.8 Å². The molecule has 0 aliphatic carbocycles. The Morgan fingerprint density at radius 2 is 1.56 bits per heavy atom. The average molecular weight is 496 g/mol. The van der Waals surface area contributed by atoms with Gasteiger partial charge in [-0.25, -0.2) is 0 Å². The molecule has 0 saturated carbocycles. The van der Waals surface area contributed by atoms with Crippen molar-refractivity contribution in [2.45, 2.75) is 39.8 Å². The Bertz CT molecular complexity index is 1390. The van der Waals surface area contributed by atoms with E-state index in [9.17, 15) is 0 Å².